The highest BCUT2D eigenvalue weighted by molar-refractivity contribution is 5.48. The summed E-state index contributed by atoms with van der Waals surface area (Å²) in [4.78, 5) is 18.1. The van der Waals surface area contributed by atoms with Gasteiger partial charge in [-0.1, -0.05) is 0 Å². The van der Waals surface area contributed by atoms with E-state index in [-0.39, 0.29) is 0 Å². The van der Waals surface area contributed by atoms with Crippen molar-refractivity contribution < 1.29 is 0 Å². The number of nitrogens with one attached hydrogen (secondary N) is 1. The molecule has 0 radical (unpaired) electrons. The average Bonchev–Trinajstić information content (AvgIpc) is 2.60. The zero-order valence-corrected chi connectivity index (χ0v) is 14.8. The van der Waals surface area contributed by atoms with Crippen LogP contribution in [0.15, 0.2) is 24.4 Å². The van der Waals surface area contributed by atoms with E-state index < -0.39 is 0 Å². The summed E-state index contributed by atoms with van der Waals surface area (Å²) in [6.45, 7) is 4.80. The first-order chi connectivity index (χ1) is 11.6. The lowest BCUT2D eigenvalue weighted by atomic mass is 10.1. The summed E-state index contributed by atoms with van der Waals surface area (Å²) in [7, 11) is 4.02. The molecule has 2 aromatic rings. The predicted molar refractivity (Wildman–Crippen MR) is 98.7 cm³/mol. The van der Waals surface area contributed by atoms with Gasteiger partial charge < -0.3 is 15.1 Å². The first-order valence-electron chi connectivity index (χ1n) is 8.58. The van der Waals surface area contributed by atoms with Gasteiger partial charge >= 0.3 is 0 Å². The molecule has 128 valence electrons. The Morgan fingerprint density at radius 1 is 1.12 bits per heavy atom. The topological polar surface area (TPSA) is 57.2 Å². The van der Waals surface area contributed by atoms with E-state index >= 15 is 0 Å². The Kier molecular flexibility index (Phi) is 5.13. The monoisotopic (exact) mass is 326 g/mol. The number of hydrogen-bond donors (Lipinski definition) is 1. The van der Waals surface area contributed by atoms with Crippen molar-refractivity contribution in [1.82, 2.24) is 15.0 Å². The highest BCUT2D eigenvalue weighted by atomic mass is 15.3. The zero-order chi connectivity index (χ0) is 16.9. The smallest absolute Gasteiger partial charge is 0.225 e. The maximum atomic E-state index is 4.73. The molecule has 3 heterocycles. The lowest BCUT2D eigenvalue weighted by molar-refractivity contribution is 0.567. The van der Waals surface area contributed by atoms with Crippen LogP contribution in [0.5, 0.6) is 0 Å². The third-order valence-electron chi connectivity index (χ3n) is 4.25. The van der Waals surface area contributed by atoms with Crippen LogP contribution in [0.4, 0.5) is 17.5 Å². The average molecular weight is 326 g/mol. The van der Waals surface area contributed by atoms with Gasteiger partial charge in [-0.05, 0) is 44.4 Å². The predicted octanol–water partition coefficient (Wildman–Crippen LogP) is 2.85. The largest absolute Gasteiger partial charge is 0.376 e. The van der Waals surface area contributed by atoms with E-state index in [0.717, 1.165) is 41.9 Å². The van der Waals surface area contributed by atoms with E-state index in [9.17, 15) is 0 Å². The molecule has 6 heteroatoms. The van der Waals surface area contributed by atoms with Crippen molar-refractivity contribution in [2.75, 3.05) is 42.3 Å². The first kappa shape index (κ1) is 16.5. The van der Waals surface area contributed by atoms with Crippen molar-refractivity contribution in [3.05, 3.63) is 35.8 Å². The molecule has 0 spiro atoms. The molecule has 2 aromatic heterocycles. The van der Waals surface area contributed by atoms with Crippen LogP contribution in [0.1, 0.15) is 30.7 Å². The van der Waals surface area contributed by atoms with Crippen molar-refractivity contribution in [3.8, 4) is 0 Å². The summed E-state index contributed by atoms with van der Waals surface area (Å²) in [5.41, 5.74) is 3.10. The minimum Gasteiger partial charge on any atom is -0.376 e. The molecule has 24 heavy (non-hydrogen) atoms. The van der Waals surface area contributed by atoms with Gasteiger partial charge in [-0.2, -0.15) is 0 Å². The Bertz CT molecular complexity index is 662. The summed E-state index contributed by atoms with van der Waals surface area (Å²) in [5.74, 6) is 1.72. The van der Waals surface area contributed by atoms with Gasteiger partial charge in [0, 0.05) is 32.9 Å². The molecule has 0 aromatic carbocycles. The number of aromatic nitrogens is 3. The van der Waals surface area contributed by atoms with E-state index in [0.29, 0.717) is 6.54 Å². The number of rotatable bonds is 5. The van der Waals surface area contributed by atoms with Crippen LogP contribution in [-0.2, 0) is 6.54 Å². The fourth-order valence-corrected chi connectivity index (χ4v) is 2.88. The molecular formula is C18H26N6. The number of pyridine rings is 1. The third kappa shape index (κ3) is 4.13. The summed E-state index contributed by atoms with van der Waals surface area (Å²) in [6.07, 6.45) is 5.64. The zero-order valence-electron chi connectivity index (χ0n) is 14.8. The molecule has 1 aliphatic heterocycles. The fourth-order valence-electron chi connectivity index (χ4n) is 2.88. The van der Waals surface area contributed by atoms with Gasteiger partial charge in [-0.3, -0.25) is 0 Å². The standard InChI is InChI=1S/C18H26N6/c1-14-11-15(22-18(21-14)24-9-5-4-6-10-24)12-19-17-8-7-16(13-20-17)23(2)3/h7-8,11,13H,4-6,9-10,12H2,1-3H3,(H,19,20). The molecule has 1 N–H and O–H groups in total. The van der Waals surface area contributed by atoms with Crippen molar-refractivity contribution in [3.63, 3.8) is 0 Å². The molecule has 0 atom stereocenters. The second kappa shape index (κ2) is 7.47. The minimum absolute atomic E-state index is 0.651. The Labute approximate surface area is 143 Å². The Hall–Kier alpha value is -2.37. The van der Waals surface area contributed by atoms with Gasteiger partial charge in [0.2, 0.25) is 5.95 Å². The molecular weight excluding hydrogens is 300 g/mol. The Balaban J connectivity index is 1.67. The Morgan fingerprint density at radius 3 is 2.58 bits per heavy atom. The van der Waals surface area contributed by atoms with Crippen molar-refractivity contribution in [2.24, 2.45) is 0 Å². The normalized spacial score (nSPS) is 14.5. The van der Waals surface area contributed by atoms with E-state index in [1.807, 2.05) is 44.2 Å². The second-order valence-corrected chi connectivity index (χ2v) is 6.50. The second-order valence-electron chi connectivity index (χ2n) is 6.50. The third-order valence-corrected chi connectivity index (χ3v) is 4.25. The van der Waals surface area contributed by atoms with Crippen LogP contribution in [0, 0.1) is 6.92 Å². The number of nitrogens with zero attached hydrogens (tertiary/aromatic N) is 5. The molecule has 0 unspecified atom stereocenters. The molecule has 1 aliphatic rings. The van der Waals surface area contributed by atoms with E-state index in [2.05, 4.69) is 26.3 Å². The highest BCUT2D eigenvalue weighted by Gasteiger charge is 2.14. The van der Waals surface area contributed by atoms with Crippen LogP contribution in [-0.4, -0.2) is 42.1 Å². The van der Waals surface area contributed by atoms with Crippen molar-refractivity contribution in [1.29, 1.82) is 0 Å². The number of piperidine rings is 1. The molecule has 0 bridgehead atoms. The minimum atomic E-state index is 0.651. The van der Waals surface area contributed by atoms with Gasteiger partial charge in [0.05, 0.1) is 24.1 Å². The molecule has 1 saturated heterocycles. The van der Waals surface area contributed by atoms with Crippen LogP contribution in [0.2, 0.25) is 0 Å². The Morgan fingerprint density at radius 2 is 1.92 bits per heavy atom. The first-order valence-corrected chi connectivity index (χ1v) is 8.58. The van der Waals surface area contributed by atoms with Crippen LogP contribution in [0.25, 0.3) is 0 Å². The maximum Gasteiger partial charge on any atom is 0.225 e. The SMILES string of the molecule is Cc1cc(CNc2ccc(N(C)C)cn2)nc(N2CCCCC2)n1. The maximum absolute atomic E-state index is 4.73. The summed E-state index contributed by atoms with van der Waals surface area (Å²) in [6, 6.07) is 6.09. The van der Waals surface area contributed by atoms with Crippen LogP contribution < -0.4 is 15.1 Å². The molecule has 3 rings (SSSR count). The fraction of sp³-hybridized carbons (Fsp3) is 0.500. The van der Waals surface area contributed by atoms with Gasteiger partial charge in [-0.15, -0.1) is 0 Å². The van der Waals surface area contributed by atoms with Crippen molar-refractivity contribution in [2.45, 2.75) is 32.7 Å². The summed E-state index contributed by atoms with van der Waals surface area (Å²) in [5, 5.41) is 3.35. The molecule has 0 aliphatic carbocycles. The van der Waals surface area contributed by atoms with E-state index in [1.165, 1.54) is 19.3 Å². The number of hydrogen-bond acceptors (Lipinski definition) is 6. The summed E-state index contributed by atoms with van der Waals surface area (Å²) >= 11 is 0. The molecule has 1 fully saturated rings. The lowest BCUT2D eigenvalue weighted by Gasteiger charge is -2.27. The molecule has 0 amide bonds. The van der Waals surface area contributed by atoms with Gasteiger partial charge in [-0.25, -0.2) is 15.0 Å². The van der Waals surface area contributed by atoms with Gasteiger partial charge in [0.1, 0.15) is 5.82 Å². The van der Waals surface area contributed by atoms with Gasteiger partial charge in [0.15, 0.2) is 0 Å². The van der Waals surface area contributed by atoms with E-state index in [1.54, 1.807) is 0 Å². The van der Waals surface area contributed by atoms with Crippen LogP contribution >= 0.6 is 0 Å². The molecule has 0 saturated carbocycles. The van der Waals surface area contributed by atoms with E-state index in [4.69, 9.17) is 4.98 Å². The summed E-state index contributed by atoms with van der Waals surface area (Å²) < 4.78 is 0. The lowest BCUT2D eigenvalue weighted by Crippen LogP contribution is -2.31. The van der Waals surface area contributed by atoms with Crippen molar-refractivity contribution >= 4 is 17.5 Å². The van der Waals surface area contributed by atoms with Crippen LogP contribution in [0.3, 0.4) is 0 Å². The number of anilines is 3. The molecule has 6 nitrogen and oxygen atoms in total. The quantitative estimate of drug-likeness (QED) is 0.912. The highest BCUT2D eigenvalue weighted by Crippen LogP contribution is 2.17. The van der Waals surface area contributed by atoms with Gasteiger partial charge in [0.25, 0.3) is 0 Å². The number of aryl methyl sites for hydroxylation is 1.